The van der Waals surface area contributed by atoms with E-state index in [-0.39, 0.29) is 11.9 Å². The first kappa shape index (κ1) is 20.5. The number of likely N-dealkylation sites (tertiary alicyclic amines) is 1. The van der Waals surface area contributed by atoms with Crippen molar-refractivity contribution >= 4 is 17.6 Å². The van der Waals surface area contributed by atoms with Crippen LogP contribution in [0.4, 0.5) is 10.5 Å². The van der Waals surface area contributed by atoms with E-state index in [2.05, 4.69) is 41.8 Å². The molecule has 2 fully saturated rings. The van der Waals surface area contributed by atoms with Gasteiger partial charge in [-0.1, -0.05) is 35.9 Å². The summed E-state index contributed by atoms with van der Waals surface area (Å²) in [5.74, 6) is 0.729. The van der Waals surface area contributed by atoms with E-state index < -0.39 is 0 Å². The van der Waals surface area contributed by atoms with Gasteiger partial charge in [-0.3, -0.25) is 4.79 Å². The van der Waals surface area contributed by atoms with E-state index in [0.29, 0.717) is 23.2 Å². The maximum absolute atomic E-state index is 12.9. The van der Waals surface area contributed by atoms with E-state index in [9.17, 15) is 9.59 Å². The fourth-order valence-electron chi connectivity index (χ4n) is 4.04. The van der Waals surface area contributed by atoms with E-state index in [1.807, 2.05) is 23.1 Å². The molecule has 158 valence electrons. The number of aryl methyl sites for hydroxylation is 2. The summed E-state index contributed by atoms with van der Waals surface area (Å²) in [6, 6.07) is 16.2. The summed E-state index contributed by atoms with van der Waals surface area (Å²) in [5.41, 5.74) is 3.99. The monoisotopic (exact) mass is 405 g/mol. The average Bonchev–Trinajstić information content (AvgIpc) is 3.57. The van der Waals surface area contributed by atoms with Gasteiger partial charge in [-0.15, -0.1) is 0 Å². The van der Waals surface area contributed by atoms with Gasteiger partial charge in [0.1, 0.15) is 0 Å². The molecule has 1 aliphatic carbocycles. The van der Waals surface area contributed by atoms with Crippen LogP contribution in [-0.2, 0) is 6.42 Å². The lowest BCUT2D eigenvalue weighted by Gasteiger charge is -2.32. The number of hydrogen-bond acceptors (Lipinski definition) is 2. The smallest absolute Gasteiger partial charge is 0.319 e. The van der Waals surface area contributed by atoms with E-state index in [1.165, 1.54) is 17.5 Å². The third-order valence-electron chi connectivity index (χ3n) is 6.14. The summed E-state index contributed by atoms with van der Waals surface area (Å²) >= 11 is 0. The van der Waals surface area contributed by atoms with Crippen molar-refractivity contribution in [1.82, 2.24) is 10.2 Å². The Bertz CT molecular complexity index is 882. The molecule has 5 heteroatoms. The van der Waals surface area contributed by atoms with E-state index in [4.69, 9.17) is 0 Å². The van der Waals surface area contributed by atoms with Crippen molar-refractivity contribution in [3.8, 4) is 0 Å². The molecule has 30 heavy (non-hydrogen) atoms. The lowest BCUT2D eigenvalue weighted by molar-refractivity contribution is 0.0687. The van der Waals surface area contributed by atoms with Crippen LogP contribution in [0.25, 0.3) is 0 Å². The van der Waals surface area contributed by atoms with Crippen molar-refractivity contribution in [3.63, 3.8) is 0 Å². The van der Waals surface area contributed by atoms with Crippen LogP contribution in [0.15, 0.2) is 48.5 Å². The number of carbonyl (C=O) groups is 2. The van der Waals surface area contributed by atoms with Crippen molar-refractivity contribution < 1.29 is 9.59 Å². The molecule has 0 unspecified atom stereocenters. The van der Waals surface area contributed by atoms with Gasteiger partial charge in [0, 0.05) is 30.4 Å². The number of hydrogen-bond donors (Lipinski definition) is 2. The summed E-state index contributed by atoms with van der Waals surface area (Å²) in [6.07, 6.45) is 6.49. The first-order valence-electron chi connectivity index (χ1n) is 11.1. The Balaban J connectivity index is 1.25. The topological polar surface area (TPSA) is 61.4 Å². The molecule has 2 aromatic rings. The second kappa shape index (κ2) is 9.33. The first-order valence-corrected chi connectivity index (χ1v) is 11.1. The van der Waals surface area contributed by atoms with Crippen LogP contribution < -0.4 is 10.6 Å². The van der Waals surface area contributed by atoms with Crippen molar-refractivity contribution in [1.29, 1.82) is 0 Å². The molecule has 0 spiro atoms. The van der Waals surface area contributed by atoms with Gasteiger partial charge in [0.15, 0.2) is 0 Å². The molecule has 2 aliphatic rings. The summed E-state index contributed by atoms with van der Waals surface area (Å²) < 4.78 is 0. The molecule has 1 aliphatic heterocycles. The van der Waals surface area contributed by atoms with Crippen LogP contribution in [0.3, 0.4) is 0 Å². The van der Waals surface area contributed by atoms with Crippen molar-refractivity contribution in [3.05, 3.63) is 65.2 Å². The fourth-order valence-corrected chi connectivity index (χ4v) is 4.04. The van der Waals surface area contributed by atoms with Crippen molar-refractivity contribution in [2.45, 2.75) is 51.5 Å². The Morgan fingerprint density at radius 2 is 1.73 bits per heavy atom. The van der Waals surface area contributed by atoms with Gasteiger partial charge in [0.25, 0.3) is 5.91 Å². The Morgan fingerprint density at radius 3 is 2.43 bits per heavy atom. The van der Waals surface area contributed by atoms with Gasteiger partial charge in [0.05, 0.1) is 0 Å². The maximum atomic E-state index is 12.9. The molecule has 1 heterocycles. The summed E-state index contributed by atoms with van der Waals surface area (Å²) in [6.45, 7) is 3.72. The lowest BCUT2D eigenvalue weighted by atomic mass is 9.90. The first-order chi connectivity index (χ1) is 14.6. The zero-order valence-corrected chi connectivity index (χ0v) is 17.7. The molecule has 0 atom stereocenters. The molecule has 0 aromatic heterocycles. The minimum atomic E-state index is -0.198. The van der Waals surface area contributed by atoms with Crippen LogP contribution in [0.5, 0.6) is 0 Å². The van der Waals surface area contributed by atoms with Crippen LogP contribution in [0, 0.1) is 12.8 Å². The van der Waals surface area contributed by atoms with Crippen LogP contribution in [-0.4, -0.2) is 36.0 Å². The molecule has 4 rings (SSSR count). The third kappa shape index (κ3) is 5.62. The molecular weight excluding hydrogens is 374 g/mol. The number of urea groups is 1. The normalized spacial score (nSPS) is 16.9. The van der Waals surface area contributed by atoms with Crippen molar-refractivity contribution in [2.24, 2.45) is 5.92 Å². The molecule has 1 saturated heterocycles. The van der Waals surface area contributed by atoms with E-state index in [1.54, 1.807) is 6.07 Å². The average molecular weight is 406 g/mol. The van der Waals surface area contributed by atoms with E-state index >= 15 is 0 Å². The Kier molecular flexibility index (Phi) is 6.36. The van der Waals surface area contributed by atoms with Crippen LogP contribution >= 0.6 is 0 Å². The largest absolute Gasteiger partial charge is 0.339 e. The summed E-state index contributed by atoms with van der Waals surface area (Å²) in [7, 11) is 0. The van der Waals surface area contributed by atoms with E-state index in [0.717, 1.165) is 45.2 Å². The molecule has 2 N–H and O–H groups in total. The number of anilines is 1. The Hall–Kier alpha value is -2.82. The predicted octanol–water partition coefficient (Wildman–Crippen LogP) is 4.76. The third-order valence-corrected chi connectivity index (χ3v) is 6.14. The van der Waals surface area contributed by atoms with Crippen molar-refractivity contribution in [2.75, 3.05) is 18.4 Å². The molecular formula is C25H31N3O2. The van der Waals surface area contributed by atoms with Gasteiger partial charge in [0.2, 0.25) is 0 Å². The molecule has 3 amide bonds. The summed E-state index contributed by atoms with van der Waals surface area (Å²) in [5, 5.41) is 5.73. The highest BCUT2D eigenvalue weighted by molar-refractivity contribution is 5.97. The standard InChI is InChI=1S/C25H31N3O2/c1-18-5-7-19(8-6-18)9-10-20-13-15-28(16-14-20)24(29)21-3-2-4-23(17-21)27-25(30)26-22-11-12-22/h2-8,17,20,22H,9-16H2,1H3,(H2,26,27,30). The number of piperidine rings is 1. The molecule has 0 bridgehead atoms. The number of amides is 3. The van der Waals surface area contributed by atoms with Crippen LogP contribution in [0.2, 0.25) is 0 Å². The zero-order valence-electron chi connectivity index (χ0n) is 17.7. The summed E-state index contributed by atoms with van der Waals surface area (Å²) in [4.78, 5) is 26.8. The quantitative estimate of drug-likeness (QED) is 0.728. The molecule has 5 nitrogen and oxygen atoms in total. The lowest BCUT2D eigenvalue weighted by Crippen LogP contribution is -2.38. The minimum absolute atomic E-state index is 0.0539. The second-order valence-electron chi connectivity index (χ2n) is 8.71. The molecule has 2 aromatic carbocycles. The van der Waals surface area contributed by atoms with Gasteiger partial charge in [-0.2, -0.15) is 0 Å². The SMILES string of the molecule is Cc1ccc(CCC2CCN(C(=O)c3cccc(NC(=O)NC4CC4)c3)CC2)cc1. The highest BCUT2D eigenvalue weighted by atomic mass is 16.2. The maximum Gasteiger partial charge on any atom is 0.319 e. The van der Waals surface area contributed by atoms with Gasteiger partial charge >= 0.3 is 6.03 Å². The predicted molar refractivity (Wildman–Crippen MR) is 120 cm³/mol. The van der Waals surface area contributed by atoms with Gasteiger partial charge in [-0.25, -0.2) is 4.79 Å². The van der Waals surface area contributed by atoms with Crippen LogP contribution in [0.1, 0.15) is 53.6 Å². The Labute approximate surface area is 178 Å². The number of nitrogens with one attached hydrogen (secondary N) is 2. The fraction of sp³-hybridized carbons (Fsp3) is 0.440. The highest BCUT2D eigenvalue weighted by Crippen LogP contribution is 2.24. The molecule has 0 radical (unpaired) electrons. The molecule has 1 saturated carbocycles. The minimum Gasteiger partial charge on any atom is -0.339 e. The van der Waals surface area contributed by atoms with Gasteiger partial charge in [-0.05, 0) is 75.1 Å². The highest BCUT2D eigenvalue weighted by Gasteiger charge is 2.25. The Morgan fingerprint density at radius 1 is 1.00 bits per heavy atom. The number of rotatable bonds is 6. The zero-order chi connectivity index (χ0) is 20.9. The van der Waals surface area contributed by atoms with Gasteiger partial charge < -0.3 is 15.5 Å². The number of benzene rings is 2. The second-order valence-corrected chi connectivity index (χ2v) is 8.71. The number of carbonyl (C=O) groups excluding carboxylic acids is 2. The number of nitrogens with zero attached hydrogens (tertiary/aromatic N) is 1.